The molecule has 1 aromatic carbocycles. The van der Waals surface area contributed by atoms with E-state index in [9.17, 15) is 0 Å². The lowest BCUT2D eigenvalue weighted by molar-refractivity contribution is 0.392. The van der Waals surface area contributed by atoms with Gasteiger partial charge in [-0.3, -0.25) is 0 Å². The molecule has 2 aromatic heterocycles. The maximum atomic E-state index is 6.08. The molecule has 4 nitrogen and oxygen atoms in total. The highest BCUT2D eigenvalue weighted by Crippen LogP contribution is 2.30. The van der Waals surface area contributed by atoms with Crippen LogP contribution in [0.1, 0.15) is 30.4 Å². The number of fused-ring (bicyclic) bond motifs is 1. The Morgan fingerprint density at radius 2 is 2.14 bits per heavy atom. The number of benzene rings is 1. The Kier molecular flexibility index (Phi) is 4.45. The smallest absolute Gasteiger partial charge is 0.169 e. The first-order chi connectivity index (χ1) is 10.6. The predicted molar refractivity (Wildman–Crippen MR) is 90.6 cm³/mol. The molecule has 0 amide bonds. The highest BCUT2D eigenvalue weighted by atomic mass is 35.5. The number of aromatic nitrogens is 3. The van der Waals surface area contributed by atoms with Crippen molar-refractivity contribution in [2.45, 2.75) is 44.6 Å². The largest absolute Gasteiger partial charge is 0.361 e. The summed E-state index contributed by atoms with van der Waals surface area (Å²) in [7, 11) is 0. The normalized spacial score (nSPS) is 11.5. The number of nitrogens with zero attached hydrogens (tertiary/aromatic N) is 3. The van der Waals surface area contributed by atoms with Gasteiger partial charge in [-0.2, -0.15) is 0 Å². The van der Waals surface area contributed by atoms with Gasteiger partial charge in [0, 0.05) is 22.9 Å². The number of hydrogen-bond donors (Lipinski definition) is 0. The van der Waals surface area contributed by atoms with Crippen LogP contribution in [0.3, 0.4) is 0 Å². The molecule has 0 radical (unpaired) electrons. The van der Waals surface area contributed by atoms with E-state index in [0.29, 0.717) is 0 Å². The summed E-state index contributed by atoms with van der Waals surface area (Å²) in [5, 5.41) is 5.74. The Labute approximate surface area is 138 Å². The first-order valence-electron chi connectivity index (χ1n) is 7.30. The molecule has 6 heteroatoms. The van der Waals surface area contributed by atoms with Crippen LogP contribution in [0.2, 0.25) is 5.02 Å². The quantitative estimate of drug-likeness (QED) is 0.616. The van der Waals surface area contributed by atoms with Crippen LogP contribution in [0, 0.1) is 13.8 Å². The van der Waals surface area contributed by atoms with E-state index >= 15 is 0 Å². The molecule has 0 saturated heterocycles. The van der Waals surface area contributed by atoms with Gasteiger partial charge in [0.2, 0.25) is 0 Å². The summed E-state index contributed by atoms with van der Waals surface area (Å²) >= 11 is 7.79. The first kappa shape index (κ1) is 15.4. The van der Waals surface area contributed by atoms with Crippen LogP contribution in [0.5, 0.6) is 0 Å². The molecule has 0 aliphatic heterocycles. The molecule has 0 fully saturated rings. The lowest BCUT2D eigenvalue weighted by Crippen LogP contribution is -1.99. The Morgan fingerprint density at radius 3 is 2.82 bits per heavy atom. The fraction of sp³-hybridized carbons (Fsp3) is 0.375. The maximum absolute atomic E-state index is 6.08. The number of imidazole rings is 1. The number of hydrogen-bond acceptors (Lipinski definition) is 4. The Morgan fingerprint density at radius 1 is 1.32 bits per heavy atom. The SMILES string of the molecule is CCCn1c(SCc2c(C)noc2C)nc2cc(Cl)ccc21. The third-order valence-corrected chi connectivity index (χ3v) is 4.89. The molecule has 116 valence electrons. The molecule has 0 bridgehead atoms. The third-order valence-electron chi connectivity index (χ3n) is 3.65. The molecular weight excluding hydrogens is 318 g/mol. The minimum Gasteiger partial charge on any atom is -0.361 e. The van der Waals surface area contributed by atoms with Gasteiger partial charge in [0.25, 0.3) is 0 Å². The van der Waals surface area contributed by atoms with E-state index < -0.39 is 0 Å². The molecule has 0 unspecified atom stereocenters. The number of rotatable bonds is 5. The van der Waals surface area contributed by atoms with E-state index in [-0.39, 0.29) is 0 Å². The number of halogens is 1. The van der Waals surface area contributed by atoms with Gasteiger partial charge >= 0.3 is 0 Å². The molecule has 0 saturated carbocycles. The van der Waals surface area contributed by atoms with E-state index in [2.05, 4.69) is 16.6 Å². The lowest BCUT2D eigenvalue weighted by atomic mass is 10.2. The van der Waals surface area contributed by atoms with E-state index in [1.807, 2.05) is 32.0 Å². The average molecular weight is 336 g/mol. The zero-order valence-electron chi connectivity index (χ0n) is 12.9. The molecule has 3 aromatic rings. The topological polar surface area (TPSA) is 43.9 Å². The predicted octanol–water partition coefficient (Wildman–Crippen LogP) is 5.00. The summed E-state index contributed by atoms with van der Waals surface area (Å²) < 4.78 is 7.49. The maximum Gasteiger partial charge on any atom is 0.169 e. The van der Waals surface area contributed by atoms with Gasteiger partial charge in [-0.1, -0.05) is 35.4 Å². The van der Waals surface area contributed by atoms with Crippen molar-refractivity contribution >= 4 is 34.4 Å². The van der Waals surface area contributed by atoms with Gasteiger partial charge in [-0.15, -0.1) is 0 Å². The zero-order chi connectivity index (χ0) is 15.7. The molecule has 0 N–H and O–H groups in total. The summed E-state index contributed by atoms with van der Waals surface area (Å²) in [6.45, 7) is 7.04. The molecule has 0 atom stereocenters. The van der Waals surface area contributed by atoms with Crippen LogP contribution in [0.15, 0.2) is 27.9 Å². The van der Waals surface area contributed by atoms with Gasteiger partial charge in [-0.25, -0.2) is 4.98 Å². The molecule has 0 aliphatic carbocycles. The Balaban J connectivity index is 1.94. The molecule has 2 heterocycles. The molecular formula is C16H18ClN3OS. The number of thioether (sulfide) groups is 1. The Hall–Kier alpha value is -1.46. The van der Waals surface area contributed by atoms with Crippen molar-refractivity contribution in [3.63, 3.8) is 0 Å². The van der Waals surface area contributed by atoms with Crippen molar-refractivity contribution in [3.8, 4) is 0 Å². The number of aryl methyl sites for hydroxylation is 3. The zero-order valence-corrected chi connectivity index (χ0v) is 14.5. The highest BCUT2D eigenvalue weighted by Gasteiger charge is 2.14. The van der Waals surface area contributed by atoms with Crippen molar-refractivity contribution < 1.29 is 4.52 Å². The second-order valence-electron chi connectivity index (χ2n) is 5.27. The minimum atomic E-state index is 0.718. The van der Waals surface area contributed by atoms with Gasteiger partial charge in [0.05, 0.1) is 16.7 Å². The van der Waals surface area contributed by atoms with Gasteiger partial charge < -0.3 is 9.09 Å². The highest BCUT2D eigenvalue weighted by molar-refractivity contribution is 7.98. The van der Waals surface area contributed by atoms with Crippen LogP contribution in [-0.2, 0) is 12.3 Å². The van der Waals surface area contributed by atoms with Crippen LogP contribution in [0.25, 0.3) is 11.0 Å². The molecule has 0 aliphatic rings. The van der Waals surface area contributed by atoms with Crippen LogP contribution >= 0.6 is 23.4 Å². The van der Waals surface area contributed by atoms with Crippen molar-refractivity contribution in [1.29, 1.82) is 0 Å². The van der Waals surface area contributed by atoms with Crippen LogP contribution < -0.4 is 0 Å². The lowest BCUT2D eigenvalue weighted by Gasteiger charge is -2.07. The second-order valence-corrected chi connectivity index (χ2v) is 6.65. The van der Waals surface area contributed by atoms with E-state index in [1.54, 1.807) is 11.8 Å². The van der Waals surface area contributed by atoms with Crippen LogP contribution in [-0.4, -0.2) is 14.7 Å². The van der Waals surface area contributed by atoms with Gasteiger partial charge in [0.15, 0.2) is 5.16 Å². The summed E-state index contributed by atoms with van der Waals surface area (Å²) in [6.07, 6.45) is 1.06. The fourth-order valence-corrected chi connectivity index (χ4v) is 3.84. The summed E-state index contributed by atoms with van der Waals surface area (Å²) in [4.78, 5) is 4.74. The Bertz CT molecular complexity index is 790. The van der Waals surface area contributed by atoms with E-state index in [1.165, 1.54) is 0 Å². The van der Waals surface area contributed by atoms with Gasteiger partial charge in [-0.05, 0) is 38.5 Å². The summed E-state index contributed by atoms with van der Waals surface area (Å²) in [5.41, 5.74) is 4.18. The molecule has 0 spiro atoms. The van der Waals surface area contributed by atoms with Crippen LogP contribution in [0.4, 0.5) is 0 Å². The fourth-order valence-electron chi connectivity index (χ4n) is 2.48. The standard InChI is InChI=1S/C16H18ClN3OS/c1-4-7-20-15-6-5-12(17)8-14(15)18-16(20)22-9-13-10(2)19-21-11(13)3/h5-6,8H,4,7,9H2,1-3H3. The summed E-state index contributed by atoms with van der Waals surface area (Å²) in [6, 6.07) is 5.88. The van der Waals surface area contributed by atoms with Crippen molar-refractivity contribution in [3.05, 3.63) is 40.2 Å². The van der Waals surface area contributed by atoms with E-state index in [0.717, 1.165) is 56.9 Å². The first-order valence-corrected chi connectivity index (χ1v) is 8.66. The van der Waals surface area contributed by atoms with E-state index in [4.69, 9.17) is 21.1 Å². The average Bonchev–Trinajstić information content (AvgIpc) is 2.98. The van der Waals surface area contributed by atoms with Crippen molar-refractivity contribution in [2.75, 3.05) is 0 Å². The summed E-state index contributed by atoms with van der Waals surface area (Å²) in [5.74, 6) is 1.69. The third kappa shape index (κ3) is 2.88. The second kappa shape index (κ2) is 6.34. The molecule has 22 heavy (non-hydrogen) atoms. The molecule has 3 rings (SSSR count). The monoisotopic (exact) mass is 335 g/mol. The van der Waals surface area contributed by atoms with Crippen molar-refractivity contribution in [1.82, 2.24) is 14.7 Å². The van der Waals surface area contributed by atoms with Gasteiger partial charge in [0.1, 0.15) is 5.76 Å². The van der Waals surface area contributed by atoms with Crippen molar-refractivity contribution in [2.24, 2.45) is 0 Å². The minimum absolute atomic E-state index is 0.718.